The van der Waals surface area contributed by atoms with E-state index in [0.717, 1.165) is 17.9 Å². The number of β-amino-alcohol motifs (C(OH)–C–C–N with tert-alkyl or cyclic N) is 1. The van der Waals surface area contributed by atoms with Gasteiger partial charge in [-0.1, -0.05) is 30.3 Å². The maximum Gasteiger partial charge on any atom is 0.119 e. The molecule has 0 heterocycles. The molecule has 0 spiro atoms. The molecule has 0 fully saturated rings. The highest BCUT2D eigenvalue weighted by molar-refractivity contribution is 5.28. The van der Waals surface area contributed by atoms with Crippen LogP contribution < -0.4 is 14.8 Å². The lowest BCUT2D eigenvalue weighted by Crippen LogP contribution is -2.46. The summed E-state index contributed by atoms with van der Waals surface area (Å²) in [6, 6.07) is 17.7. The van der Waals surface area contributed by atoms with Crippen LogP contribution in [0.25, 0.3) is 0 Å². The molecule has 2 rings (SSSR count). The van der Waals surface area contributed by atoms with Gasteiger partial charge in [0, 0.05) is 12.1 Å². The van der Waals surface area contributed by atoms with Crippen molar-refractivity contribution in [3.63, 3.8) is 0 Å². The van der Waals surface area contributed by atoms with Crippen molar-refractivity contribution in [1.82, 2.24) is 5.32 Å². The molecule has 136 valence electrons. The van der Waals surface area contributed by atoms with E-state index in [1.54, 1.807) is 0 Å². The van der Waals surface area contributed by atoms with E-state index in [-0.39, 0.29) is 12.1 Å². The largest absolute Gasteiger partial charge is 0.494 e. The Morgan fingerprint density at radius 3 is 2.24 bits per heavy atom. The van der Waals surface area contributed by atoms with E-state index < -0.39 is 6.10 Å². The Morgan fingerprint density at radius 1 is 0.960 bits per heavy atom. The number of hydrogen-bond donors (Lipinski definition) is 2. The average molecular weight is 343 g/mol. The lowest BCUT2D eigenvalue weighted by molar-refractivity contribution is 0.0988. The molecule has 1 unspecified atom stereocenters. The molecule has 2 aromatic carbocycles. The van der Waals surface area contributed by atoms with Gasteiger partial charge in [0.2, 0.25) is 0 Å². The van der Waals surface area contributed by atoms with Crippen LogP contribution in [0.15, 0.2) is 54.6 Å². The maximum atomic E-state index is 10.1. The summed E-state index contributed by atoms with van der Waals surface area (Å²) in [6.07, 6.45) is 0.311. The highest BCUT2D eigenvalue weighted by atomic mass is 16.5. The third-order valence-corrected chi connectivity index (χ3v) is 3.88. The normalized spacial score (nSPS) is 12.6. The Kier molecular flexibility index (Phi) is 7.29. The first kappa shape index (κ1) is 19.3. The molecule has 4 heteroatoms. The van der Waals surface area contributed by atoms with Gasteiger partial charge in [-0.2, -0.15) is 0 Å². The number of aliphatic hydroxyl groups is 1. The Labute approximate surface area is 150 Å². The second-order valence-electron chi connectivity index (χ2n) is 6.80. The van der Waals surface area contributed by atoms with Gasteiger partial charge >= 0.3 is 0 Å². The van der Waals surface area contributed by atoms with Gasteiger partial charge in [0.15, 0.2) is 0 Å². The second-order valence-corrected chi connectivity index (χ2v) is 6.80. The van der Waals surface area contributed by atoms with E-state index in [9.17, 15) is 5.11 Å². The minimum absolute atomic E-state index is 0.124. The van der Waals surface area contributed by atoms with Crippen LogP contribution in [-0.4, -0.2) is 36.5 Å². The summed E-state index contributed by atoms with van der Waals surface area (Å²) in [4.78, 5) is 0. The molecule has 0 saturated heterocycles. The fourth-order valence-corrected chi connectivity index (χ4v) is 2.61. The van der Waals surface area contributed by atoms with Crippen molar-refractivity contribution in [2.45, 2.75) is 38.8 Å². The van der Waals surface area contributed by atoms with Crippen molar-refractivity contribution in [2.24, 2.45) is 0 Å². The topological polar surface area (TPSA) is 50.7 Å². The molecule has 2 aromatic rings. The number of nitrogens with one attached hydrogen (secondary N) is 1. The molecular weight excluding hydrogens is 314 g/mol. The fourth-order valence-electron chi connectivity index (χ4n) is 2.61. The van der Waals surface area contributed by atoms with Gasteiger partial charge < -0.3 is 19.9 Å². The van der Waals surface area contributed by atoms with Crippen molar-refractivity contribution >= 4 is 0 Å². The Hall–Kier alpha value is -2.04. The van der Waals surface area contributed by atoms with E-state index in [0.29, 0.717) is 13.2 Å². The van der Waals surface area contributed by atoms with Crippen LogP contribution in [0.2, 0.25) is 0 Å². The lowest BCUT2D eigenvalue weighted by atomic mass is 9.94. The van der Waals surface area contributed by atoms with Gasteiger partial charge in [0.1, 0.15) is 24.2 Å². The van der Waals surface area contributed by atoms with Crippen molar-refractivity contribution in [1.29, 1.82) is 0 Å². The van der Waals surface area contributed by atoms with Crippen LogP contribution in [-0.2, 0) is 6.42 Å². The fraction of sp³-hybridized carbons (Fsp3) is 0.429. The molecule has 0 aliphatic carbocycles. The highest BCUT2D eigenvalue weighted by Crippen LogP contribution is 2.17. The molecule has 0 radical (unpaired) electrons. The van der Waals surface area contributed by atoms with Crippen molar-refractivity contribution in [3.05, 3.63) is 60.2 Å². The van der Waals surface area contributed by atoms with Gasteiger partial charge in [0.25, 0.3) is 0 Å². The van der Waals surface area contributed by atoms with Crippen LogP contribution in [0, 0.1) is 0 Å². The minimum Gasteiger partial charge on any atom is -0.494 e. The monoisotopic (exact) mass is 343 g/mol. The van der Waals surface area contributed by atoms with E-state index in [1.165, 1.54) is 5.56 Å². The zero-order chi connectivity index (χ0) is 18.1. The molecular formula is C21H29NO3. The first-order chi connectivity index (χ1) is 12.0. The molecule has 25 heavy (non-hydrogen) atoms. The molecule has 4 nitrogen and oxygen atoms in total. The number of ether oxygens (including phenoxy) is 2. The first-order valence-electron chi connectivity index (χ1n) is 8.81. The van der Waals surface area contributed by atoms with E-state index >= 15 is 0 Å². The molecule has 0 aromatic heterocycles. The van der Waals surface area contributed by atoms with Crippen molar-refractivity contribution < 1.29 is 14.6 Å². The van der Waals surface area contributed by atoms with E-state index in [4.69, 9.17) is 9.47 Å². The molecule has 2 N–H and O–H groups in total. The summed E-state index contributed by atoms with van der Waals surface area (Å²) in [5.74, 6) is 1.67. The molecule has 0 saturated carbocycles. The van der Waals surface area contributed by atoms with Crippen molar-refractivity contribution in [2.75, 3.05) is 19.8 Å². The van der Waals surface area contributed by atoms with Crippen LogP contribution in [0.4, 0.5) is 0 Å². The summed E-state index contributed by atoms with van der Waals surface area (Å²) < 4.78 is 11.1. The number of para-hydroxylation sites is 1. The smallest absolute Gasteiger partial charge is 0.119 e. The average Bonchev–Trinajstić information content (AvgIpc) is 2.61. The maximum absolute atomic E-state index is 10.1. The van der Waals surface area contributed by atoms with E-state index in [1.807, 2.05) is 49.4 Å². The Balaban J connectivity index is 1.75. The van der Waals surface area contributed by atoms with Gasteiger partial charge in [-0.25, -0.2) is 0 Å². The summed E-state index contributed by atoms with van der Waals surface area (Å²) in [5.41, 5.74) is 1.11. The number of rotatable bonds is 10. The van der Waals surface area contributed by atoms with E-state index in [2.05, 4.69) is 31.3 Å². The molecule has 0 aliphatic rings. The number of aliphatic hydroxyl groups excluding tert-OH is 1. The number of hydrogen-bond acceptors (Lipinski definition) is 4. The van der Waals surface area contributed by atoms with Crippen LogP contribution in [0.5, 0.6) is 11.5 Å². The predicted molar refractivity (Wildman–Crippen MR) is 101 cm³/mol. The summed E-state index contributed by atoms with van der Waals surface area (Å²) in [7, 11) is 0. The molecule has 0 bridgehead atoms. The minimum atomic E-state index is -0.556. The third-order valence-electron chi connectivity index (χ3n) is 3.88. The standard InChI is InChI=1S/C21H29NO3/c1-4-24-20-12-10-17(11-13-20)14-21(2,3)22-15-18(23)16-25-19-8-6-5-7-9-19/h5-13,18,22-23H,4,14-16H2,1-3H3. The van der Waals surface area contributed by atoms with Crippen LogP contribution in [0.3, 0.4) is 0 Å². The van der Waals surface area contributed by atoms with Gasteiger partial charge in [-0.05, 0) is 57.0 Å². The molecule has 0 amide bonds. The zero-order valence-electron chi connectivity index (χ0n) is 15.4. The third kappa shape index (κ3) is 7.16. The lowest BCUT2D eigenvalue weighted by Gasteiger charge is -2.28. The van der Waals surface area contributed by atoms with Gasteiger partial charge in [-0.15, -0.1) is 0 Å². The summed E-state index contributed by atoms with van der Waals surface area (Å²) >= 11 is 0. The summed E-state index contributed by atoms with van der Waals surface area (Å²) in [5, 5.41) is 13.6. The molecule has 1 atom stereocenters. The quantitative estimate of drug-likeness (QED) is 0.694. The van der Waals surface area contributed by atoms with Gasteiger partial charge in [-0.3, -0.25) is 0 Å². The summed E-state index contributed by atoms with van der Waals surface area (Å²) in [6.45, 7) is 7.68. The second kappa shape index (κ2) is 9.44. The van der Waals surface area contributed by atoms with Gasteiger partial charge in [0.05, 0.1) is 6.61 Å². The van der Waals surface area contributed by atoms with Crippen LogP contribution in [0.1, 0.15) is 26.3 Å². The zero-order valence-corrected chi connectivity index (χ0v) is 15.4. The van der Waals surface area contributed by atoms with Crippen LogP contribution >= 0.6 is 0 Å². The Morgan fingerprint density at radius 2 is 1.60 bits per heavy atom. The predicted octanol–water partition coefficient (Wildman–Crippen LogP) is 3.44. The first-order valence-corrected chi connectivity index (χ1v) is 8.81. The van der Waals surface area contributed by atoms with Crippen molar-refractivity contribution in [3.8, 4) is 11.5 Å². The Bertz CT molecular complexity index is 611. The highest BCUT2D eigenvalue weighted by Gasteiger charge is 2.19. The molecule has 0 aliphatic heterocycles. The number of benzene rings is 2. The SMILES string of the molecule is CCOc1ccc(CC(C)(C)NCC(O)COc2ccccc2)cc1.